The molecule has 21 heavy (non-hydrogen) atoms. The van der Waals surface area contributed by atoms with E-state index in [1.54, 1.807) is 0 Å². The normalized spacial score (nSPS) is 25.3. The molecule has 0 amide bonds. The van der Waals surface area contributed by atoms with Gasteiger partial charge in [-0.1, -0.05) is 43.2 Å². The molecular formula is C19H25NO. The molecule has 2 fully saturated rings. The zero-order chi connectivity index (χ0) is 14.3. The molecule has 0 bridgehead atoms. The summed E-state index contributed by atoms with van der Waals surface area (Å²) in [5, 5.41) is 10.8. The Morgan fingerprint density at radius 3 is 2.52 bits per heavy atom. The molecule has 112 valence electrons. The van der Waals surface area contributed by atoms with Gasteiger partial charge in [-0.2, -0.15) is 0 Å². The Kier molecular flexibility index (Phi) is 3.39. The molecule has 3 aliphatic rings. The molecule has 1 heterocycles. The summed E-state index contributed by atoms with van der Waals surface area (Å²) in [4.78, 5) is 2.41. The molecule has 1 saturated heterocycles. The van der Waals surface area contributed by atoms with Crippen LogP contribution in [0.4, 0.5) is 0 Å². The van der Waals surface area contributed by atoms with E-state index in [0.29, 0.717) is 0 Å². The molecule has 0 radical (unpaired) electrons. The van der Waals surface area contributed by atoms with Crippen LogP contribution >= 0.6 is 0 Å². The Morgan fingerprint density at radius 1 is 1.05 bits per heavy atom. The standard InChI is InChI=1S/C19H25NO/c21-18(14-20-11-5-6-12-20)16-13-19(9-3-4-10-19)17-8-2-1-7-15(16)17/h1-2,7-8,13,18,21H,3-6,9-12,14H2. The molecule has 1 saturated carbocycles. The Morgan fingerprint density at radius 2 is 1.76 bits per heavy atom. The highest BCUT2D eigenvalue weighted by molar-refractivity contribution is 5.79. The molecule has 1 unspecified atom stereocenters. The van der Waals surface area contributed by atoms with Crippen LogP contribution in [-0.2, 0) is 5.41 Å². The van der Waals surface area contributed by atoms with Gasteiger partial charge in [0.15, 0.2) is 0 Å². The third-order valence-electron chi connectivity index (χ3n) is 5.69. The first-order valence-corrected chi connectivity index (χ1v) is 8.52. The SMILES string of the molecule is OC(CN1CCCC1)C1=CC2(CCCC2)c2ccccc21. The number of rotatable bonds is 3. The van der Waals surface area contributed by atoms with Crippen molar-refractivity contribution >= 4 is 5.57 Å². The van der Waals surface area contributed by atoms with Crippen molar-refractivity contribution in [2.45, 2.75) is 50.0 Å². The average molecular weight is 283 g/mol. The summed E-state index contributed by atoms with van der Waals surface area (Å²) in [7, 11) is 0. The first kappa shape index (κ1) is 13.5. The van der Waals surface area contributed by atoms with Gasteiger partial charge in [0.25, 0.3) is 0 Å². The molecule has 1 aliphatic heterocycles. The summed E-state index contributed by atoms with van der Waals surface area (Å²) in [5.41, 5.74) is 4.21. The lowest BCUT2D eigenvalue weighted by molar-refractivity contribution is 0.171. The van der Waals surface area contributed by atoms with Crippen LogP contribution in [0, 0.1) is 0 Å². The van der Waals surface area contributed by atoms with E-state index >= 15 is 0 Å². The first-order valence-electron chi connectivity index (χ1n) is 8.52. The quantitative estimate of drug-likeness (QED) is 0.919. The van der Waals surface area contributed by atoms with E-state index in [9.17, 15) is 5.11 Å². The number of aliphatic hydroxyl groups excluding tert-OH is 1. The van der Waals surface area contributed by atoms with Gasteiger partial charge in [0.2, 0.25) is 0 Å². The third-order valence-corrected chi connectivity index (χ3v) is 5.69. The van der Waals surface area contributed by atoms with Crippen LogP contribution in [0.25, 0.3) is 5.57 Å². The van der Waals surface area contributed by atoms with Crippen molar-refractivity contribution in [3.05, 3.63) is 41.5 Å². The molecule has 1 spiro atoms. The van der Waals surface area contributed by atoms with Gasteiger partial charge in [-0.15, -0.1) is 0 Å². The zero-order valence-electron chi connectivity index (χ0n) is 12.7. The van der Waals surface area contributed by atoms with Gasteiger partial charge >= 0.3 is 0 Å². The van der Waals surface area contributed by atoms with Crippen LogP contribution in [0.2, 0.25) is 0 Å². The minimum absolute atomic E-state index is 0.234. The summed E-state index contributed by atoms with van der Waals surface area (Å²) in [6, 6.07) is 8.76. The molecule has 2 aliphatic carbocycles. The van der Waals surface area contributed by atoms with Gasteiger partial charge < -0.3 is 10.0 Å². The van der Waals surface area contributed by atoms with Crippen LogP contribution in [0.15, 0.2) is 30.3 Å². The fourth-order valence-electron chi connectivity index (χ4n) is 4.63. The van der Waals surface area contributed by atoms with Crippen LogP contribution in [0.3, 0.4) is 0 Å². The van der Waals surface area contributed by atoms with E-state index in [2.05, 4.69) is 35.2 Å². The Bertz CT molecular complexity index is 550. The molecule has 1 atom stereocenters. The van der Waals surface area contributed by atoms with Crippen molar-refractivity contribution in [2.75, 3.05) is 19.6 Å². The van der Waals surface area contributed by atoms with Crippen molar-refractivity contribution in [1.82, 2.24) is 4.90 Å². The summed E-state index contributed by atoms with van der Waals surface area (Å²) in [6.45, 7) is 3.10. The molecule has 1 aromatic rings. The predicted molar refractivity (Wildman–Crippen MR) is 86.2 cm³/mol. The van der Waals surface area contributed by atoms with E-state index in [-0.39, 0.29) is 11.5 Å². The number of fused-ring (bicyclic) bond motifs is 2. The Labute approximate surface area is 127 Å². The van der Waals surface area contributed by atoms with Gasteiger partial charge in [-0.05, 0) is 55.5 Å². The number of likely N-dealkylation sites (tertiary alicyclic amines) is 1. The second kappa shape index (κ2) is 5.26. The van der Waals surface area contributed by atoms with Crippen molar-refractivity contribution in [3.8, 4) is 0 Å². The van der Waals surface area contributed by atoms with E-state index in [4.69, 9.17) is 0 Å². The smallest absolute Gasteiger partial charge is 0.0920 e. The fourth-order valence-corrected chi connectivity index (χ4v) is 4.63. The van der Waals surface area contributed by atoms with Gasteiger partial charge in [0.05, 0.1) is 6.10 Å². The number of hydrogen-bond donors (Lipinski definition) is 1. The molecule has 0 aromatic heterocycles. The van der Waals surface area contributed by atoms with E-state index < -0.39 is 0 Å². The van der Waals surface area contributed by atoms with Crippen LogP contribution in [0.5, 0.6) is 0 Å². The topological polar surface area (TPSA) is 23.5 Å². The summed E-state index contributed by atoms with van der Waals surface area (Å²) in [6.07, 6.45) is 9.81. The van der Waals surface area contributed by atoms with E-state index in [1.807, 2.05) is 0 Å². The molecule has 1 aromatic carbocycles. The molecule has 4 rings (SSSR count). The Hall–Kier alpha value is -1.12. The van der Waals surface area contributed by atoms with Gasteiger partial charge in [0, 0.05) is 12.0 Å². The third kappa shape index (κ3) is 2.25. The lowest BCUT2D eigenvalue weighted by atomic mass is 9.81. The van der Waals surface area contributed by atoms with E-state index in [1.165, 1.54) is 55.2 Å². The number of hydrogen-bond acceptors (Lipinski definition) is 2. The van der Waals surface area contributed by atoms with Crippen molar-refractivity contribution in [3.63, 3.8) is 0 Å². The monoisotopic (exact) mass is 283 g/mol. The molecule has 2 heteroatoms. The zero-order valence-corrected chi connectivity index (χ0v) is 12.7. The van der Waals surface area contributed by atoms with E-state index in [0.717, 1.165) is 19.6 Å². The lowest BCUT2D eigenvalue weighted by Crippen LogP contribution is -2.30. The van der Waals surface area contributed by atoms with Crippen molar-refractivity contribution < 1.29 is 5.11 Å². The van der Waals surface area contributed by atoms with Crippen LogP contribution in [-0.4, -0.2) is 35.7 Å². The number of nitrogens with zero attached hydrogens (tertiary/aromatic N) is 1. The van der Waals surface area contributed by atoms with Crippen LogP contribution in [0.1, 0.15) is 49.7 Å². The predicted octanol–water partition coefficient (Wildman–Crippen LogP) is 3.35. The number of allylic oxidation sites excluding steroid dienone is 1. The highest BCUT2D eigenvalue weighted by Gasteiger charge is 2.41. The minimum atomic E-state index is -0.329. The summed E-state index contributed by atoms with van der Waals surface area (Å²) in [5.74, 6) is 0. The average Bonchev–Trinajstić information content (AvgIpc) is 3.22. The fraction of sp³-hybridized carbons (Fsp3) is 0.579. The maximum Gasteiger partial charge on any atom is 0.0920 e. The Balaban J connectivity index is 1.64. The van der Waals surface area contributed by atoms with Gasteiger partial charge in [-0.25, -0.2) is 0 Å². The second-order valence-corrected chi connectivity index (χ2v) is 7.03. The van der Waals surface area contributed by atoms with Crippen LogP contribution < -0.4 is 0 Å². The number of β-amino-alcohol motifs (C(OH)–C–C–N with tert-alkyl or cyclic N) is 1. The molecule has 1 N–H and O–H groups in total. The highest BCUT2D eigenvalue weighted by Crippen LogP contribution is 2.51. The number of aliphatic hydroxyl groups is 1. The summed E-state index contributed by atoms with van der Waals surface area (Å²) >= 11 is 0. The lowest BCUT2D eigenvalue weighted by Gasteiger charge is -2.22. The van der Waals surface area contributed by atoms with Gasteiger partial charge in [0.1, 0.15) is 0 Å². The van der Waals surface area contributed by atoms with Gasteiger partial charge in [-0.3, -0.25) is 0 Å². The van der Waals surface area contributed by atoms with Crippen molar-refractivity contribution in [1.29, 1.82) is 0 Å². The number of benzene rings is 1. The summed E-state index contributed by atoms with van der Waals surface area (Å²) < 4.78 is 0. The minimum Gasteiger partial charge on any atom is -0.387 e. The first-order chi connectivity index (χ1) is 10.3. The maximum absolute atomic E-state index is 10.8. The highest BCUT2D eigenvalue weighted by atomic mass is 16.3. The second-order valence-electron chi connectivity index (χ2n) is 7.03. The largest absolute Gasteiger partial charge is 0.387 e. The van der Waals surface area contributed by atoms with Crippen molar-refractivity contribution in [2.24, 2.45) is 0 Å². The maximum atomic E-state index is 10.8. The molecule has 2 nitrogen and oxygen atoms in total. The molecular weight excluding hydrogens is 258 g/mol.